The van der Waals surface area contributed by atoms with Gasteiger partial charge in [0.05, 0.1) is 10.6 Å². The summed E-state index contributed by atoms with van der Waals surface area (Å²) in [7, 11) is -3.26. The van der Waals surface area contributed by atoms with Gasteiger partial charge in [-0.1, -0.05) is 26.0 Å². The first-order valence-corrected chi connectivity index (χ1v) is 11.5. The number of hydrogen-bond donors (Lipinski definition) is 1. The Morgan fingerprint density at radius 2 is 1.79 bits per heavy atom. The molecular weight excluding hydrogens is 372 g/mol. The maximum atomic E-state index is 12.4. The summed E-state index contributed by atoms with van der Waals surface area (Å²) in [5.41, 5.74) is 2.40. The number of nitrogens with zero attached hydrogens (tertiary/aromatic N) is 1. The summed E-state index contributed by atoms with van der Waals surface area (Å²) < 4.78 is 23.7. The van der Waals surface area contributed by atoms with Crippen molar-refractivity contribution < 1.29 is 13.2 Å². The number of hydrogen-bond acceptors (Lipinski definition) is 4. The highest BCUT2D eigenvalue weighted by atomic mass is 32.2. The summed E-state index contributed by atoms with van der Waals surface area (Å²) in [5, 5.41) is 2.87. The molecule has 0 radical (unpaired) electrons. The van der Waals surface area contributed by atoms with Gasteiger partial charge in [0, 0.05) is 24.3 Å². The molecular formula is C22H28N2O3S. The second-order valence-electron chi connectivity index (χ2n) is 7.56. The van der Waals surface area contributed by atoms with Crippen LogP contribution >= 0.6 is 0 Å². The third-order valence-corrected chi connectivity index (χ3v) is 6.97. The van der Waals surface area contributed by atoms with E-state index in [9.17, 15) is 13.2 Å². The third kappa shape index (κ3) is 5.20. The van der Waals surface area contributed by atoms with Crippen molar-refractivity contribution in [2.45, 2.75) is 38.1 Å². The van der Waals surface area contributed by atoms with E-state index in [1.807, 2.05) is 24.3 Å². The number of sulfone groups is 1. The van der Waals surface area contributed by atoms with Crippen molar-refractivity contribution in [2.75, 3.05) is 24.2 Å². The van der Waals surface area contributed by atoms with Crippen LogP contribution in [0.2, 0.25) is 0 Å². The number of amides is 1. The van der Waals surface area contributed by atoms with E-state index in [1.54, 1.807) is 19.1 Å². The van der Waals surface area contributed by atoms with Crippen molar-refractivity contribution in [2.24, 2.45) is 5.92 Å². The number of piperidine rings is 1. The zero-order valence-corrected chi connectivity index (χ0v) is 17.3. The van der Waals surface area contributed by atoms with Gasteiger partial charge in [0.1, 0.15) is 0 Å². The highest BCUT2D eigenvalue weighted by molar-refractivity contribution is 7.91. The van der Waals surface area contributed by atoms with Crippen LogP contribution in [0.3, 0.4) is 0 Å². The SMILES string of the molecule is CCS(=O)(=O)c1ccc(C(=O)Nc2ccc(CN3CCCC(C)C3)cc2)cc1. The fourth-order valence-electron chi connectivity index (χ4n) is 3.57. The standard InChI is InChI=1S/C22H28N2O3S/c1-3-28(26,27)21-12-8-19(9-13-21)22(25)23-20-10-6-18(7-11-20)16-24-14-4-5-17(2)15-24/h6-13,17H,3-5,14-16H2,1-2H3,(H,23,25). The Bertz CT molecular complexity index is 906. The van der Waals surface area contributed by atoms with Gasteiger partial charge in [-0.25, -0.2) is 8.42 Å². The lowest BCUT2D eigenvalue weighted by Gasteiger charge is -2.30. The number of carbonyl (C=O) groups is 1. The number of anilines is 1. The highest BCUT2D eigenvalue weighted by Crippen LogP contribution is 2.19. The van der Waals surface area contributed by atoms with Crippen molar-refractivity contribution in [1.82, 2.24) is 4.90 Å². The van der Waals surface area contributed by atoms with Crippen molar-refractivity contribution in [3.8, 4) is 0 Å². The van der Waals surface area contributed by atoms with Gasteiger partial charge in [0.15, 0.2) is 9.84 Å². The molecule has 1 heterocycles. The number of rotatable bonds is 6. The molecule has 1 atom stereocenters. The van der Waals surface area contributed by atoms with Crippen LogP contribution in [0.4, 0.5) is 5.69 Å². The van der Waals surface area contributed by atoms with Crippen molar-refractivity contribution in [3.63, 3.8) is 0 Å². The summed E-state index contributed by atoms with van der Waals surface area (Å²) in [4.78, 5) is 15.1. The van der Waals surface area contributed by atoms with Crippen molar-refractivity contribution in [1.29, 1.82) is 0 Å². The first kappa shape index (κ1) is 20.6. The molecule has 1 N–H and O–H groups in total. The van der Waals surface area contributed by atoms with Crippen LogP contribution in [0.25, 0.3) is 0 Å². The predicted molar refractivity (Wildman–Crippen MR) is 112 cm³/mol. The summed E-state index contributed by atoms with van der Waals surface area (Å²) in [6, 6.07) is 14.0. The van der Waals surface area contributed by atoms with Gasteiger partial charge in [-0.15, -0.1) is 0 Å². The molecule has 1 amide bonds. The topological polar surface area (TPSA) is 66.5 Å². The fraction of sp³-hybridized carbons (Fsp3) is 0.409. The fourth-order valence-corrected chi connectivity index (χ4v) is 4.45. The van der Waals surface area contributed by atoms with E-state index in [-0.39, 0.29) is 16.6 Å². The van der Waals surface area contributed by atoms with E-state index >= 15 is 0 Å². The average molecular weight is 401 g/mol. The normalized spacial score (nSPS) is 18.0. The van der Waals surface area contributed by atoms with E-state index in [0.717, 1.165) is 31.2 Å². The first-order valence-electron chi connectivity index (χ1n) is 9.83. The van der Waals surface area contributed by atoms with E-state index in [2.05, 4.69) is 17.1 Å². The number of carbonyl (C=O) groups excluding carboxylic acids is 1. The van der Waals surface area contributed by atoms with Crippen LogP contribution < -0.4 is 5.32 Å². The quantitative estimate of drug-likeness (QED) is 0.797. The maximum Gasteiger partial charge on any atom is 0.255 e. The Kier molecular flexibility index (Phi) is 6.52. The minimum absolute atomic E-state index is 0.0429. The van der Waals surface area contributed by atoms with Gasteiger partial charge >= 0.3 is 0 Å². The minimum Gasteiger partial charge on any atom is -0.322 e. The summed E-state index contributed by atoms with van der Waals surface area (Å²) >= 11 is 0. The van der Waals surface area contributed by atoms with E-state index in [1.165, 1.54) is 30.5 Å². The Morgan fingerprint density at radius 3 is 2.39 bits per heavy atom. The summed E-state index contributed by atoms with van der Waals surface area (Å²) in [6.07, 6.45) is 2.57. The molecule has 0 bridgehead atoms. The van der Waals surface area contributed by atoms with Gasteiger partial charge in [-0.2, -0.15) is 0 Å². The van der Waals surface area contributed by atoms with Gasteiger partial charge < -0.3 is 5.32 Å². The third-order valence-electron chi connectivity index (χ3n) is 5.21. The van der Waals surface area contributed by atoms with E-state index in [4.69, 9.17) is 0 Å². The molecule has 0 spiro atoms. The van der Waals surface area contributed by atoms with Crippen LogP contribution in [0.5, 0.6) is 0 Å². The molecule has 3 rings (SSSR count). The molecule has 6 heteroatoms. The van der Waals surface area contributed by atoms with E-state index < -0.39 is 9.84 Å². The average Bonchev–Trinajstić information content (AvgIpc) is 2.69. The van der Waals surface area contributed by atoms with Gasteiger partial charge in [0.2, 0.25) is 0 Å². The molecule has 1 saturated heterocycles. The molecule has 150 valence electrons. The van der Waals surface area contributed by atoms with Crippen molar-refractivity contribution in [3.05, 3.63) is 59.7 Å². The lowest BCUT2D eigenvalue weighted by atomic mass is 10.00. The Balaban J connectivity index is 1.60. The summed E-state index contributed by atoms with van der Waals surface area (Å²) in [6.45, 7) is 7.13. The molecule has 0 aromatic heterocycles. The lowest BCUT2D eigenvalue weighted by molar-refractivity contribution is 0.102. The number of nitrogens with one attached hydrogen (secondary N) is 1. The molecule has 2 aromatic rings. The minimum atomic E-state index is -3.26. The monoisotopic (exact) mass is 400 g/mol. The zero-order valence-electron chi connectivity index (χ0n) is 16.5. The summed E-state index contributed by atoms with van der Waals surface area (Å²) in [5.74, 6) is 0.547. The predicted octanol–water partition coefficient (Wildman–Crippen LogP) is 3.96. The molecule has 0 aliphatic carbocycles. The van der Waals surface area contributed by atoms with Crippen LogP contribution in [-0.4, -0.2) is 38.1 Å². The lowest BCUT2D eigenvalue weighted by Crippen LogP contribution is -2.33. The number of benzene rings is 2. The molecule has 0 saturated carbocycles. The molecule has 1 aliphatic rings. The Labute approximate surface area is 167 Å². The van der Waals surface area contributed by atoms with Gasteiger partial charge in [0.25, 0.3) is 5.91 Å². The second-order valence-corrected chi connectivity index (χ2v) is 9.84. The Hall–Kier alpha value is -2.18. The maximum absolute atomic E-state index is 12.4. The molecule has 1 unspecified atom stereocenters. The van der Waals surface area contributed by atoms with Gasteiger partial charge in [-0.05, 0) is 67.3 Å². The zero-order chi connectivity index (χ0) is 20.1. The highest BCUT2D eigenvalue weighted by Gasteiger charge is 2.16. The molecule has 1 aliphatic heterocycles. The van der Waals surface area contributed by atoms with Crippen LogP contribution in [-0.2, 0) is 16.4 Å². The largest absolute Gasteiger partial charge is 0.322 e. The van der Waals surface area contributed by atoms with Crippen LogP contribution in [0.1, 0.15) is 42.6 Å². The van der Waals surface area contributed by atoms with Crippen LogP contribution in [0.15, 0.2) is 53.4 Å². The molecule has 5 nitrogen and oxygen atoms in total. The van der Waals surface area contributed by atoms with Crippen molar-refractivity contribution >= 4 is 21.4 Å². The second kappa shape index (κ2) is 8.88. The van der Waals surface area contributed by atoms with Crippen LogP contribution in [0, 0.1) is 5.92 Å². The molecule has 1 fully saturated rings. The van der Waals surface area contributed by atoms with Gasteiger partial charge in [-0.3, -0.25) is 9.69 Å². The smallest absolute Gasteiger partial charge is 0.255 e. The molecule has 28 heavy (non-hydrogen) atoms. The number of likely N-dealkylation sites (tertiary alicyclic amines) is 1. The molecule has 2 aromatic carbocycles. The Morgan fingerprint density at radius 1 is 1.11 bits per heavy atom. The first-order chi connectivity index (χ1) is 13.4. The van der Waals surface area contributed by atoms with E-state index in [0.29, 0.717) is 5.56 Å².